The number of nitrogens with two attached hydrogens (primary N) is 1. The Morgan fingerprint density at radius 1 is 1.36 bits per heavy atom. The molecule has 2 heterocycles. The fourth-order valence-corrected chi connectivity index (χ4v) is 2.17. The van der Waals surface area contributed by atoms with Gasteiger partial charge in [-0.3, -0.25) is 0 Å². The van der Waals surface area contributed by atoms with Crippen LogP contribution >= 0.6 is 22.9 Å². The summed E-state index contributed by atoms with van der Waals surface area (Å²) in [6, 6.07) is 5.65. The highest BCUT2D eigenvalue weighted by Gasteiger charge is 2.05. The first-order valence-corrected chi connectivity index (χ1v) is 5.21. The van der Waals surface area contributed by atoms with Crippen LogP contribution in [0.2, 0.25) is 4.34 Å². The van der Waals surface area contributed by atoms with Gasteiger partial charge in [-0.05, 0) is 25.1 Å². The summed E-state index contributed by atoms with van der Waals surface area (Å²) in [5.41, 5.74) is 7.24. The number of nitrogens with zero attached hydrogens (tertiary/aromatic N) is 2. The molecule has 0 fully saturated rings. The predicted molar refractivity (Wildman–Crippen MR) is 59.5 cm³/mol. The molecular weight excluding hydrogens is 218 g/mol. The smallest absolute Gasteiger partial charge is 0.220 e. The van der Waals surface area contributed by atoms with E-state index < -0.39 is 0 Å². The fourth-order valence-electron chi connectivity index (χ4n) is 1.17. The van der Waals surface area contributed by atoms with E-state index in [-0.39, 0.29) is 0 Å². The van der Waals surface area contributed by atoms with Gasteiger partial charge in [0.1, 0.15) is 0 Å². The molecule has 0 saturated carbocycles. The molecule has 14 heavy (non-hydrogen) atoms. The first-order chi connectivity index (χ1) is 6.65. The Hall–Kier alpha value is -1.13. The lowest BCUT2D eigenvalue weighted by Gasteiger charge is -1.99. The van der Waals surface area contributed by atoms with Crippen molar-refractivity contribution in [1.82, 2.24) is 9.97 Å². The topological polar surface area (TPSA) is 51.8 Å². The van der Waals surface area contributed by atoms with Gasteiger partial charge >= 0.3 is 0 Å². The van der Waals surface area contributed by atoms with Gasteiger partial charge in [-0.25, -0.2) is 9.97 Å². The Morgan fingerprint density at radius 3 is 2.71 bits per heavy atom. The van der Waals surface area contributed by atoms with Crippen molar-refractivity contribution in [2.75, 3.05) is 5.73 Å². The number of nitrogen functional groups attached to an aromatic ring is 1. The van der Waals surface area contributed by atoms with Crippen LogP contribution in [0.5, 0.6) is 0 Å². The second-order valence-electron chi connectivity index (χ2n) is 2.86. The number of hydrogen-bond donors (Lipinski definition) is 1. The molecule has 0 aliphatic carbocycles. The van der Waals surface area contributed by atoms with Crippen LogP contribution in [0.1, 0.15) is 5.69 Å². The van der Waals surface area contributed by atoms with Crippen molar-refractivity contribution in [2.45, 2.75) is 6.92 Å². The predicted octanol–water partition coefficient (Wildman–Crippen LogP) is 2.75. The quantitative estimate of drug-likeness (QED) is 0.812. The van der Waals surface area contributed by atoms with E-state index in [4.69, 9.17) is 17.3 Å². The normalized spacial score (nSPS) is 10.4. The number of hydrogen-bond acceptors (Lipinski definition) is 4. The number of rotatable bonds is 1. The van der Waals surface area contributed by atoms with Gasteiger partial charge in [0.05, 0.1) is 14.9 Å². The van der Waals surface area contributed by atoms with Crippen LogP contribution in [0.25, 0.3) is 10.6 Å². The summed E-state index contributed by atoms with van der Waals surface area (Å²) in [5.74, 6) is 0.296. The standard InChI is InChI=1S/C9H8ClN3S/c1-5-4-6(13-9(11)12-5)7-2-3-8(10)14-7/h2-4H,1H3,(H2,11,12,13). The van der Waals surface area contributed by atoms with Gasteiger partial charge in [-0.1, -0.05) is 11.6 Å². The van der Waals surface area contributed by atoms with E-state index in [0.29, 0.717) is 5.95 Å². The van der Waals surface area contributed by atoms with E-state index in [0.717, 1.165) is 20.6 Å². The molecule has 0 spiro atoms. The SMILES string of the molecule is Cc1cc(-c2ccc(Cl)s2)nc(N)n1. The molecular formula is C9H8ClN3S. The Morgan fingerprint density at radius 2 is 2.14 bits per heavy atom. The maximum absolute atomic E-state index is 5.83. The highest BCUT2D eigenvalue weighted by Crippen LogP contribution is 2.30. The molecule has 0 amide bonds. The van der Waals surface area contributed by atoms with Crippen molar-refractivity contribution in [2.24, 2.45) is 0 Å². The Kier molecular flexibility index (Phi) is 2.39. The molecule has 0 bridgehead atoms. The maximum atomic E-state index is 5.83. The fraction of sp³-hybridized carbons (Fsp3) is 0.111. The largest absolute Gasteiger partial charge is 0.368 e. The second kappa shape index (κ2) is 3.55. The highest BCUT2D eigenvalue weighted by molar-refractivity contribution is 7.19. The van der Waals surface area contributed by atoms with Crippen LogP contribution < -0.4 is 5.73 Å². The van der Waals surface area contributed by atoms with Gasteiger partial charge in [-0.2, -0.15) is 0 Å². The van der Waals surface area contributed by atoms with Crippen molar-refractivity contribution in [3.05, 3.63) is 28.2 Å². The molecule has 2 aromatic heterocycles. The average molecular weight is 226 g/mol. The first-order valence-electron chi connectivity index (χ1n) is 4.02. The lowest BCUT2D eigenvalue weighted by molar-refractivity contribution is 1.13. The molecule has 72 valence electrons. The van der Waals surface area contributed by atoms with Crippen LogP contribution in [-0.4, -0.2) is 9.97 Å². The molecule has 0 unspecified atom stereocenters. The summed E-state index contributed by atoms with van der Waals surface area (Å²) in [5, 5.41) is 0. The minimum absolute atomic E-state index is 0.296. The third kappa shape index (κ3) is 1.86. The monoisotopic (exact) mass is 225 g/mol. The summed E-state index contributed by atoms with van der Waals surface area (Å²) in [6.07, 6.45) is 0. The Labute approximate surface area is 90.6 Å². The number of anilines is 1. The number of aromatic nitrogens is 2. The van der Waals surface area contributed by atoms with E-state index in [1.807, 2.05) is 25.1 Å². The zero-order valence-electron chi connectivity index (χ0n) is 7.49. The average Bonchev–Trinajstić information content (AvgIpc) is 2.50. The van der Waals surface area contributed by atoms with Crippen LogP contribution in [0.4, 0.5) is 5.95 Å². The van der Waals surface area contributed by atoms with Crippen molar-refractivity contribution in [1.29, 1.82) is 0 Å². The number of halogens is 1. The molecule has 3 nitrogen and oxygen atoms in total. The van der Waals surface area contributed by atoms with E-state index in [2.05, 4.69) is 9.97 Å². The van der Waals surface area contributed by atoms with Gasteiger partial charge in [0, 0.05) is 5.69 Å². The molecule has 5 heteroatoms. The first kappa shape index (κ1) is 9.43. The summed E-state index contributed by atoms with van der Waals surface area (Å²) in [7, 11) is 0. The van der Waals surface area contributed by atoms with E-state index in [1.165, 1.54) is 11.3 Å². The maximum Gasteiger partial charge on any atom is 0.220 e. The molecule has 0 saturated heterocycles. The lowest BCUT2D eigenvalue weighted by atomic mass is 10.3. The van der Waals surface area contributed by atoms with Gasteiger partial charge in [0.25, 0.3) is 0 Å². The third-order valence-corrected chi connectivity index (χ3v) is 2.95. The van der Waals surface area contributed by atoms with Crippen LogP contribution in [0.15, 0.2) is 18.2 Å². The lowest BCUT2D eigenvalue weighted by Crippen LogP contribution is -1.97. The van der Waals surface area contributed by atoms with Crippen molar-refractivity contribution < 1.29 is 0 Å². The Bertz CT molecular complexity index is 447. The molecule has 0 aliphatic heterocycles. The van der Waals surface area contributed by atoms with Gasteiger partial charge < -0.3 is 5.73 Å². The van der Waals surface area contributed by atoms with Crippen LogP contribution in [0.3, 0.4) is 0 Å². The summed E-state index contributed by atoms with van der Waals surface area (Å²) in [6.45, 7) is 1.89. The van der Waals surface area contributed by atoms with Crippen molar-refractivity contribution >= 4 is 28.9 Å². The third-order valence-electron chi connectivity index (χ3n) is 1.70. The molecule has 0 aromatic carbocycles. The van der Waals surface area contributed by atoms with Crippen LogP contribution in [-0.2, 0) is 0 Å². The van der Waals surface area contributed by atoms with Crippen molar-refractivity contribution in [3.8, 4) is 10.6 Å². The molecule has 2 N–H and O–H groups in total. The minimum Gasteiger partial charge on any atom is -0.368 e. The van der Waals surface area contributed by atoms with Crippen LogP contribution in [0, 0.1) is 6.92 Å². The molecule has 0 radical (unpaired) electrons. The van der Waals surface area contributed by atoms with E-state index >= 15 is 0 Å². The molecule has 0 aliphatic rings. The molecule has 2 rings (SSSR count). The van der Waals surface area contributed by atoms with E-state index in [9.17, 15) is 0 Å². The highest BCUT2D eigenvalue weighted by atomic mass is 35.5. The minimum atomic E-state index is 0.296. The summed E-state index contributed by atoms with van der Waals surface area (Å²) < 4.78 is 0.745. The molecule has 2 aromatic rings. The van der Waals surface area contributed by atoms with E-state index in [1.54, 1.807) is 0 Å². The van der Waals surface area contributed by atoms with Gasteiger partial charge in [-0.15, -0.1) is 11.3 Å². The molecule has 0 atom stereocenters. The summed E-state index contributed by atoms with van der Waals surface area (Å²) >= 11 is 7.31. The Balaban J connectivity index is 2.51. The van der Waals surface area contributed by atoms with Crippen molar-refractivity contribution in [3.63, 3.8) is 0 Å². The second-order valence-corrected chi connectivity index (χ2v) is 4.57. The summed E-state index contributed by atoms with van der Waals surface area (Å²) in [4.78, 5) is 9.15. The zero-order valence-corrected chi connectivity index (χ0v) is 9.06. The van der Waals surface area contributed by atoms with Gasteiger partial charge in [0.2, 0.25) is 5.95 Å². The van der Waals surface area contributed by atoms with Gasteiger partial charge in [0.15, 0.2) is 0 Å². The number of thiophene rings is 1. The zero-order chi connectivity index (χ0) is 10.1. The number of aryl methyl sites for hydroxylation is 1.